The van der Waals surface area contributed by atoms with Gasteiger partial charge in [0.05, 0.1) is 6.61 Å². The van der Waals surface area contributed by atoms with E-state index >= 15 is 0 Å². The second-order valence-corrected chi connectivity index (χ2v) is 21.2. The second kappa shape index (κ2) is 45.0. The lowest BCUT2D eigenvalue weighted by Crippen LogP contribution is -2.64. The number of unbranched alkanes of at least 4 members (excludes halogenated alkanes) is 32. The Morgan fingerprint density at radius 3 is 1.20 bits per heavy atom. The summed E-state index contributed by atoms with van der Waals surface area (Å²) in [7, 11) is -5.12. The molecule has 1 rings (SSSR count). The van der Waals surface area contributed by atoms with Crippen molar-refractivity contribution in [1.82, 2.24) is 0 Å². The highest BCUT2D eigenvalue weighted by atomic mass is 31.2. The maximum absolute atomic E-state index is 12.9. The highest BCUT2D eigenvalue weighted by Gasteiger charge is 2.51. The van der Waals surface area contributed by atoms with Crippen LogP contribution in [0.2, 0.25) is 0 Å². The number of rotatable bonds is 48. The molecule has 6 unspecified atom stereocenters. The van der Waals surface area contributed by atoms with Gasteiger partial charge in [-0.05, 0) is 44.9 Å². The SMILES string of the molecule is CCCCC/C=C/C/C=C/CCCCCCCCCCCC(=O)O[C@@H](COC(=O)CCCCCCCCCCCCCCCCCCCCCCC)COP(=O)(O)OC1C(O)C(O)C(O)[C@H](O)C1O. The Balaban J connectivity index is 2.34. The number of phosphoric acid groups is 1. The lowest BCUT2D eigenvalue weighted by atomic mass is 9.85. The van der Waals surface area contributed by atoms with Crippen molar-refractivity contribution in [3.05, 3.63) is 24.3 Å². The van der Waals surface area contributed by atoms with Crippen LogP contribution >= 0.6 is 7.82 Å². The fourth-order valence-corrected chi connectivity index (χ4v) is 9.76. The zero-order valence-electron chi connectivity index (χ0n) is 43.6. The first kappa shape index (κ1) is 65.3. The molecule has 6 N–H and O–H groups in total. The van der Waals surface area contributed by atoms with Crippen molar-refractivity contribution in [3.63, 3.8) is 0 Å². The molecular weight excluding hydrogens is 900 g/mol. The molecule has 0 saturated heterocycles. The van der Waals surface area contributed by atoms with Crippen molar-refractivity contribution in [2.45, 2.75) is 301 Å². The lowest BCUT2D eigenvalue weighted by Gasteiger charge is -2.41. The van der Waals surface area contributed by atoms with Gasteiger partial charge in [-0.1, -0.05) is 224 Å². The number of esters is 2. The molecule has 0 heterocycles. The molecule has 0 aromatic rings. The molecule has 1 saturated carbocycles. The highest BCUT2D eigenvalue weighted by Crippen LogP contribution is 2.47. The third kappa shape index (κ3) is 36.8. The van der Waals surface area contributed by atoms with Gasteiger partial charge in [0, 0.05) is 12.8 Å². The van der Waals surface area contributed by atoms with Crippen LogP contribution in [0.5, 0.6) is 0 Å². The molecule has 0 spiro atoms. The van der Waals surface area contributed by atoms with E-state index in [4.69, 9.17) is 18.5 Å². The summed E-state index contributed by atoms with van der Waals surface area (Å²) < 4.78 is 33.7. The van der Waals surface area contributed by atoms with Crippen LogP contribution < -0.4 is 0 Å². The van der Waals surface area contributed by atoms with Crippen LogP contribution in [0.25, 0.3) is 0 Å². The van der Waals surface area contributed by atoms with E-state index in [-0.39, 0.29) is 12.8 Å². The summed E-state index contributed by atoms with van der Waals surface area (Å²) in [5.74, 6) is -1.09. The Bertz CT molecular complexity index is 1300. The largest absolute Gasteiger partial charge is 0.472 e. The van der Waals surface area contributed by atoms with Gasteiger partial charge in [0.1, 0.15) is 43.2 Å². The summed E-state index contributed by atoms with van der Waals surface area (Å²) in [6.07, 6.45) is 39.3. The molecule has 8 atom stereocenters. The minimum absolute atomic E-state index is 0.0951. The number of phosphoric ester groups is 1. The number of aliphatic hydroxyl groups excluding tert-OH is 5. The van der Waals surface area contributed by atoms with E-state index < -0.39 is 75.7 Å². The van der Waals surface area contributed by atoms with Gasteiger partial charge < -0.3 is 39.9 Å². The Labute approximate surface area is 419 Å². The summed E-state index contributed by atoms with van der Waals surface area (Å²) in [4.78, 5) is 35.9. The molecule has 0 aromatic carbocycles. The molecule has 1 aliphatic rings. The van der Waals surface area contributed by atoms with Crippen LogP contribution in [0, 0.1) is 0 Å². The van der Waals surface area contributed by atoms with Gasteiger partial charge in [-0.3, -0.25) is 18.6 Å². The molecule has 13 nitrogen and oxygen atoms in total. The molecule has 1 aliphatic carbocycles. The summed E-state index contributed by atoms with van der Waals surface area (Å²) in [6.45, 7) is 3.33. The number of aliphatic hydroxyl groups is 5. The van der Waals surface area contributed by atoms with E-state index in [0.29, 0.717) is 12.8 Å². The maximum atomic E-state index is 12.9. The quantitative estimate of drug-likeness (QED) is 0.0145. The van der Waals surface area contributed by atoms with E-state index in [1.54, 1.807) is 0 Å². The van der Waals surface area contributed by atoms with Crippen molar-refractivity contribution in [1.29, 1.82) is 0 Å². The Morgan fingerprint density at radius 1 is 0.449 bits per heavy atom. The van der Waals surface area contributed by atoms with Crippen LogP contribution in [0.4, 0.5) is 0 Å². The van der Waals surface area contributed by atoms with Crippen molar-refractivity contribution >= 4 is 19.8 Å². The Morgan fingerprint density at radius 2 is 0.783 bits per heavy atom. The fraction of sp³-hybridized carbons (Fsp3) is 0.891. The smallest absolute Gasteiger partial charge is 0.462 e. The Hall–Kier alpha value is -1.67. The first-order valence-electron chi connectivity index (χ1n) is 28.1. The molecule has 0 bridgehead atoms. The number of carbonyl (C=O) groups is 2. The van der Waals surface area contributed by atoms with Crippen LogP contribution in [-0.4, -0.2) is 98.3 Å². The number of ether oxygens (including phenoxy) is 2. The van der Waals surface area contributed by atoms with E-state index in [0.717, 1.165) is 57.8 Å². The average molecular weight is 1000 g/mol. The van der Waals surface area contributed by atoms with E-state index in [9.17, 15) is 44.6 Å². The average Bonchev–Trinajstić information content (AvgIpc) is 3.33. The molecular formula is C55H103O13P. The fourth-order valence-electron chi connectivity index (χ4n) is 8.79. The van der Waals surface area contributed by atoms with Crippen LogP contribution in [-0.2, 0) is 32.7 Å². The van der Waals surface area contributed by atoms with E-state index in [2.05, 4.69) is 38.2 Å². The molecule has 69 heavy (non-hydrogen) atoms. The Kier molecular flexibility index (Phi) is 42.6. The molecule has 14 heteroatoms. The number of hydrogen-bond acceptors (Lipinski definition) is 12. The topological polar surface area (TPSA) is 210 Å². The van der Waals surface area contributed by atoms with Gasteiger partial charge in [-0.25, -0.2) is 4.57 Å². The molecule has 0 aliphatic heterocycles. The molecule has 0 radical (unpaired) electrons. The standard InChI is InChI=1S/C55H103O13P/c1-3-5-7-9-11-13-15-17-19-21-23-24-26-27-29-31-33-35-37-39-41-43-48(56)65-45-47(46-66-69(63,64)68-55-53(61)51(59)50(58)52(60)54(55)62)67-49(57)44-42-40-38-36-34-32-30-28-25-22-20-18-16-14-12-10-8-6-4-2/h12,14,18,20,47,50-55,58-62H,3-11,13,15-17,19,21-46H2,1-2H3,(H,63,64)/b14-12+,20-18+/t47-,50?,51-,52?,53?,54?,55?/m0/s1. The monoisotopic (exact) mass is 1000 g/mol. The predicted octanol–water partition coefficient (Wildman–Crippen LogP) is 12.7. The second-order valence-electron chi connectivity index (χ2n) is 19.8. The predicted molar refractivity (Wildman–Crippen MR) is 277 cm³/mol. The molecule has 0 aromatic heterocycles. The van der Waals surface area contributed by atoms with Crippen molar-refractivity contribution < 1.29 is 63.1 Å². The number of allylic oxidation sites excluding steroid dienone is 4. The third-order valence-corrected chi connectivity index (χ3v) is 14.3. The van der Waals surface area contributed by atoms with Gasteiger partial charge in [0.2, 0.25) is 0 Å². The van der Waals surface area contributed by atoms with Crippen LogP contribution in [0.3, 0.4) is 0 Å². The lowest BCUT2D eigenvalue weighted by molar-refractivity contribution is -0.220. The number of carbonyl (C=O) groups excluding carboxylic acids is 2. The van der Waals surface area contributed by atoms with Crippen molar-refractivity contribution in [3.8, 4) is 0 Å². The summed E-state index contributed by atoms with van der Waals surface area (Å²) in [6, 6.07) is 0. The summed E-state index contributed by atoms with van der Waals surface area (Å²) in [5, 5.41) is 50.4. The van der Waals surface area contributed by atoms with Crippen LogP contribution in [0.1, 0.15) is 258 Å². The van der Waals surface area contributed by atoms with Crippen molar-refractivity contribution in [2.75, 3.05) is 13.2 Å². The normalized spacial score (nSPS) is 21.0. The van der Waals surface area contributed by atoms with Gasteiger partial charge in [-0.2, -0.15) is 0 Å². The van der Waals surface area contributed by atoms with Crippen molar-refractivity contribution in [2.24, 2.45) is 0 Å². The molecule has 1 fully saturated rings. The van der Waals surface area contributed by atoms with E-state index in [1.165, 1.54) is 161 Å². The maximum Gasteiger partial charge on any atom is 0.472 e. The summed E-state index contributed by atoms with van der Waals surface area (Å²) in [5.41, 5.74) is 0. The van der Waals surface area contributed by atoms with Crippen LogP contribution in [0.15, 0.2) is 24.3 Å². The van der Waals surface area contributed by atoms with Gasteiger partial charge in [0.25, 0.3) is 0 Å². The zero-order valence-corrected chi connectivity index (χ0v) is 44.5. The third-order valence-electron chi connectivity index (χ3n) is 13.3. The first-order valence-corrected chi connectivity index (χ1v) is 29.6. The van der Waals surface area contributed by atoms with Gasteiger partial charge >= 0.3 is 19.8 Å². The zero-order chi connectivity index (χ0) is 50.6. The van der Waals surface area contributed by atoms with Gasteiger partial charge in [-0.15, -0.1) is 0 Å². The minimum Gasteiger partial charge on any atom is -0.462 e. The molecule has 406 valence electrons. The number of hydrogen-bond donors (Lipinski definition) is 6. The van der Waals surface area contributed by atoms with Gasteiger partial charge in [0.15, 0.2) is 6.10 Å². The molecule has 0 amide bonds. The van der Waals surface area contributed by atoms with E-state index in [1.807, 2.05) is 0 Å². The summed E-state index contributed by atoms with van der Waals surface area (Å²) >= 11 is 0. The first-order chi connectivity index (χ1) is 33.4. The minimum atomic E-state index is -5.12. The highest BCUT2D eigenvalue weighted by molar-refractivity contribution is 7.47.